The van der Waals surface area contributed by atoms with E-state index in [1.165, 1.54) is 0 Å². The molecule has 1 atom stereocenters. The number of halogens is 1. The highest BCUT2D eigenvalue weighted by atomic mass is 35.5. The summed E-state index contributed by atoms with van der Waals surface area (Å²) in [5.41, 5.74) is 2.97. The topological polar surface area (TPSA) is 32.3 Å². The number of hydrogen-bond acceptors (Lipinski definition) is 2. The van der Waals surface area contributed by atoms with E-state index >= 15 is 0 Å². The number of alkyl halides is 1. The maximum Gasteiger partial charge on any atom is 0.242 e. The number of benzene rings is 2. The summed E-state index contributed by atoms with van der Waals surface area (Å²) in [4.78, 5) is 13.9. The van der Waals surface area contributed by atoms with Crippen molar-refractivity contribution in [2.75, 3.05) is 10.2 Å². The molecule has 0 bridgehead atoms. The first-order chi connectivity index (χ1) is 10.5. The summed E-state index contributed by atoms with van der Waals surface area (Å²) in [6.45, 7) is 5.96. The summed E-state index contributed by atoms with van der Waals surface area (Å²) >= 11 is 5.76. The summed E-state index contributed by atoms with van der Waals surface area (Å²) in [5, 5.41) is 2.24. The molecule has 0 aliphatic carbocycles. The second kappa shape index (κ2) is 7.32. The Morgan fingerprint density at radius 1 is 0.955 bits per heavy atom. The molecule has 0 fully saturated rings. The van der Waals surface area contributed by atoms with Crippen molar-refractivity contribution >= 4 is 34.6 Å². The number of rotatable bonds is 5. The Morgan fingerprint density at radius 3 is 2.00 bits per heavy atom. The molecular weight excluding hydrogens is 296 g/mol. The Hall–Kier alpha value is -2.00. The molecular formula is C18H21ClN2O. The molecule has 1 N–H and O–H groups in total. The van der Waals surface area contributed by atoms with Crippen LogP contribution in [-0.4, -0.2) is 17.3 Å². The van der Waals surface area contributed by atoms with Gasteiger partial charge in [-0.15, -0.1) is 11.6 Å². The average Bonchev–Trinajstić information content (AvgIpc) is 2.50. The second-order valence-corrected chi connectivity index (χ2v) is 6.11. The first kappa shape index (κ1) is 16.4. The zero-order valence-corrected chi connectivity index (χ0v) is 13.8. The van der Waals surface area contributed by atoms with Gasteiger partial charge in [0.25, 0.3) is 0 Å². The first-order valence-electron chi connectivity index (χ1n) is 7.38. The fraction of sp³-hybridized carbons (Fsp3) is 0.278. The molecule has 22 heavy (non-hydrogen) atoms. The third-order valence-electron chi connectivity index (χ3n) is 3.33. The number of para-hydroxylation sites is 1. The molecule has 4 heteroatoms. The molecule has 0 aromatic heterocycles. The van der Waals surface area contributed by atoms with Crippen molar-refractivity contribution in [1.82, 2.24) is 0 Å². The fourth-order valence-corrected chi connectivity index (χ4v) is 2.34. The Bertz CT molecular complexity index is 609. The van der Waals surface area contributed by atoms with Crippen molar-refractivity contribution in [1.29, 1.82) is 0 Å². The van der Waals surface area contributed by atoms with Crippen LogP contribution in [0.15, 0.2) is 54.6 Å². The normalized spacial score (nSPS) is 12.0. The number of carbonyl (C=O) groups is 1. The van der Waals surface area contributed by atoms with Crippen molar-refractivity contribution in [3.05, 3.63) is 54.6 Å². The molecule has 0 aliphatic heterocycles. The smallest absolute Gasteiger partial charge is 0.242 e. The van der Waals surface area contributed by atoms with Gasteiger partial charge in [0.05, 0.1) is 0 Å². The molecule has 1 amide bonds. The fourth-order valence-electron chi connectivity index (χ4n) is 2.28. The number of anilines is 3. The van der Waals surface area contributed by atoms with Crippen LogP contribution in [0.1, 0.15) is 20.8 Å². The van der Waals surface area contributed by atoms with E-state index in [4.69, 9.17) is 11.6 Å². The number of nitrogens with one attached hydrogen (secondary N) is 1. The van der Waals surface area contributed by atoms with Crippen molar-refractivity contribution < 1.29 is 4.79 Å². The average molecular weight is 317 g/mol. The van der Waals surface area contributed by atoms with Crippen LogP contribution in [0.5, 0.6) is 0 Å². The molecule has 0 heterocycles. The molecule has 0 saturated heterocycles. The van der Waals surface area contributed by atoms with Crippen LogP contribution in [0.2, 0.25) is 0 Å². The molecule has 2 aromatic rings. The molecule has 3 nitrogen and oxygen atoms in total. The molecule has 0 unspecified atom stereocenters. The largest absolute Gasteiger partial charge is 0.339 e. The van der Waals surface area contributed by atoms with Gasteiger partial charge in [0.1, 0.15) is 5.38 Å². The van der Waals surface area contributed by atoms with Crippen molar-refractivity contribution in [2.45, 2.75) is 32.2 Å². The Morgan fingerprint density at radius 2 is 1.50 bits per heavy atom. The highest BCUT2D eigenvalue weighted by molar-refractivity contribution is 6.32. The SMILES string of the molecule is CC(C)N(c1ccccc1)c1ccc(NC(=O)[C@H](C)Cl)cc1. The summed E-state index contributed by atoms with van der Waals surface area (Å²) < 4.78 is 0. The lowest BCUT2D eigenvalue weighted by molar-refractivity contribution is -0.115. The maximum absolute atomic E-state index is 11.6. The molecule has 2 aromatic carbocycles. The third kappa shape index (κ3) is 4.01. The Balaban J connectivity index is 2.22. The summed E-state index contributed by atoms with van der Waals surface area (Å²) in [7, 11) is 0. The minimum atomic E-state index is -0.545. The number of nitrogens with zero attached hydrogens (tertiary/aromatic N) is 1. The molecule has 0 spiro atoms. The highest BCUT2D eigenvalue weighted by Crippen LogP contribution is 2.28. The second-order valence-electron chi connectivity index (χ2n) is 5.45. The van der Waals surface area contributed by atoms with Gasteiger partial charge in [0.15, 0.2) is 0 Å². The number of hydrogen-bond donors (Lipinski definition) is 1. The first-order valence-corrected chi connectivity index (χ1v) is 7.82. The van der Waals surface area contributed by atoms with Gasteiger partial charge in [0, 0.05) is 23.1 Å². The van der Waals surface area contributed by atoms with Crippen LogP contribution in [0.4, 0.5) is 17.1 Å². The van der Waals surface area contributed by atoms with Gasteiger partial charge in [-0.25, -0.2) is 0 Å². The van der Waals surface area contributed by atoms with E-state index in [0.29, 0.717) is 6.04 Å². The van der Waals surface area contributed by atoms with Crippen molar-refractivity contribution in [3.63, 3.8) is 0 Å². The Kier molecular flexibility index (Phi) is 5.45. The predicted octanol–water partition coefficient (Wildman–Crippen LogP) is 4.80. The molecule has 116 valence electrons. The van der Waals surface area contributed by atoms with Gasteiger partial charge >= 0.3 is 0 Å². The zero-order valence-electron chi connectivity index (χ0n) is 13.1. The summed E-state index contributed by atoms with van der Waals surface area (Å²) in [6, 6.07) is 18.4. The zero-order chi connectivity index (χ0) is 16.1. The van der Waals surface area contributed by atoms with Gasteiger partial charge in [-0.1, -0.05) is 18.2 Å². The lowest BCUT2D eigenvalue weighted by Gasteiger charge is -2.29. The van der Waals surface area contributed by atoms with Crippen LogP contribution in [0, 0.1) is 0 Å². The van der Waals surface area contributed by atoms with Crippen molar-refractivity contribution in [3.8, 4) is 0 Å². The predicted molar refractivity (Wildman–Crippen MR) is 94.1 cm³/mol. The van der Waals surface area contributed by atoms with Gasteiger partial charge in [0.2, 0.25) is 5.91 Å². The van der Waals surface area contributed by atoms with Crippen LogP contribution < -0.4 is 10.2 Å². The van der Waals surface area contributed by atoms with E-state index in [-0.39, 0.29) is 5.91 Å². The molecule has 0 saturated carbocycles. The summed E-state index contributed by atoms with van der Waals surface area (Å²) in [5.74, 6) is -0.196. The standard InChI is InChI=1S/C18H21ClN2O/c1-13(2)21(16-7-5-4-6-8-16)17-11-9-15(10-12-17)20-18(22)14(3)19/h4-14H,1-3H3,(H,20,22)/t14-/m0/s1. The van der Waals surface area contributed by atoms with Crippen molar-refractivity contribution in [2.24, 2.45) is 0 Å². The minimum absolute atomic E-state index is 0.196. The van der Waals surface area contributed by atoms with E-state index in [1.807, 2.05) is 42.5 Å². The monoisotopic (exact) mass is 316 g/mol. The highest BCUT2D eigenvalue weighted by Gasteiger charge is 2.13. The molecule has 0 aliphatic rings. The number of carbonyl (C=O) groups excluding carboxylic acids is 1. The lowest BCUT2D eigenvalue weighted by Crippen LogP contribution is -2.25. The van der Waals surface area contributed by atoms with Crippen LogP contribution in [0.3, 0.4) is 0 Å². The van der Waals surface area contributed by atoms with E-state index in [2.05, 4.69) is 36.2 Å². The van der Waals surface area contributed by atoms with Crippen LogP contribution in [0.25, 0.3) is 0 Å². The quantitative estimate of drug-likeness (QED) is 0.804. The van der Waals surface area contributed by atoms with E-state index in [1.54, 1.807) is 6.92 Å². The van der Waals surface area contributed by atoms with E-state index in [9.17, 15) is 4.79 Å². The van der Waals surface area contributed by atoms with Crippen LogP contribution in [-0.2, 0) is 4.79 Å². The summed E-state index contributed by atoms with van der Waals surface area (Å²) in [6.07, 6.45) is 0. The maximum atomic E-state index is 11.6. The van der Waals surface area contributed by atoms with E-state index < -0.39 is 5.38 Å². The number of amides is 1. The minimum Gasteiger partial charge on any atom is -0.339 e. The molecule has 0 radical (unpaired) electrons. The van der Waals surface area contributed by atoms with Gasteiger partial charge < -0.3 is 10.2 Å². The van der Waals surface area contributed by atoms with Gasteiger partial charge in [-0.3, -0.25) is 4.79 Å². The van der Waals surface area contributed by atoms with E-state index in [0.717, 1.165) is 17.1 Å². The molecule has 2 rings (SSSR count). The van der Waals surface area contributed by atoms with Crippen LogP contribution >= 0.6 is 11.6 Å². The lowest BCUT2D eigenvalue weighted by atomic mass is 10.2. The van der Waals surface area contributed by atoms with Gasteiger partial charge in [-0.2, -0.15) is 0 Å². The third-order valence-corrected chi connectivity index (χ3v) is 3.52. The Labute approximate surface area is 136 Å². The van der Waals surface area contributed by atoms with Gasteiger partial charge in [-0.05, 0) is 57.2 Å².